The maximum Gasteiger partial charge on any atom is 0.295 e. The van der Waals surface area contributed by atoms with E-state index in [9.17, 15) is 24.8 Å². The molecule has 180 valence electrons. The van der Waals surface area contributed by atoms with Gasteiger partial charge in [-0.25, -0.2) is 0 Å². The van der Waals surface area contributed by atoms with Crippen LogP contribution in [-0.4, -0.2) is 52.5 Å². The molecule has 1 saturated heterocycles. The number of amides is 1. The number of nitrogens with zero attached hydrogens (tertiary/aromatic N) is 2. The number of hydrogen-bond acceptors (Lipinski definition) is 7. The van der Waals surface area contributed by atoms with E-state index in [4.69, 9.17) is 9.47 Å². The Bertz CT molecular complexity index is 1090. The van der Waals surface area contributed by atoms with Crippen molar-refractivity contribution in [3.8, 4) is 5.75 Å². The molecule has 0 spiro atoms. The van der Waals surface area contributed by atoms with Crippen molar-refractivity contribution in [2.24, 2.45) is 0 Å². The minimum atomic E-state index is -0.853. The summed E-state index contributed by atoms with van der Waals surface area (Å²) in [5.74, 6) is -1.41. The number of aliphatic hydroxyl groups excluding tert-OH is 1. The number of benzene rings is 2. The van der Waals surface area contributed by atoms with Gasteiger partial charge in [0.15, 0.2) is 0 Å². The fourth-order valence-corrected chi connectivity index (χ4v) is 3.85. The number of nitro groups is 1. The Balaban J connectivity index is 2.05. The molecule has 0 bridgehead atoms. The van der Waals surface area contributed by atoms with Gasteiger partial charge in [0.05, 0.1) is 29.2 Å². The summed E-state index contributed by atoms with van der Waals surface area (Å²) in [6.07, 6.45) is 0.529. The van der Waals surface area contributed by atoms with Crippen LogP contribution in [0.1, 0.15) is 44.4 Å². The lowest BCUT2D eigenvalue weighted by molar-refractivity contribution is -0.384. The highest BCUT2D eigenvalue weighted by molar-refractivity contribution is 6.46. The highest BCUT2D eigenvalue weighted by atomic mass is 16.6. The van der Waals surface area contributed by atoms with Crippen LogP contribution in [0.3, 0.4) is 0 Å². The maximum atomic E-state index is 13.0. The number of ketones is 1. The highest BCUT2D eigenvalue weighted by Crippen LogP contribution is 2.40. The molecule has 0 saturated carbocycles. The van der Waals surface area contributed by atoms with Crippen molar-refractivity contribution in [1.82, 2.24) is 4.90 Å². The normalized spacial score (nSPS) is 17.4. The van der Waals surface area contributed by atoms with Gasteiger partial charge in [-0.2, -0.15) is 0 Å². The molecule has 9 heteroatoms. The van der Waals surface area contributed by atoms with Crippen molar-refractivity contribution in [3.63, 3.8) is 0 Å². The maximum absolute atomic E-state index is 13.0. The van der Waals surface area contributed by atoms with Crippen LogP contribution in [-0.2, 0) is 14.3 Å². The topological polar surface area (TPSA) is 119 Å². The average Bonchev–Trinajstić information content (AvgIpc) is 3.07. The number of ether oxygens (including phenoxy) is 2. The number of aliphatic hydroxyl groups is 1. The van der Waals surface area contributed by atoms with Gasteiger partial charge >= 0.3 is 0 Å². The van der Waals surface area contributed by atoms with E-state index in [1.807, 2.05) is 20.8 Å². The summed E-state index contributed by atoms with van der Waals surface area (Å²) >= 11 is 0. The summed E-state index contributed by atoms with van der Waals surface area (Å²) in [5, 5.41) is 22.2. The number of Topliss-reactive ketones (excluding diaryl/α,β-unsaturated/α-hetero) is 1. The number of hydrogen-bond donors (Lipinski definition) is 1. The number of carbonyl (C=O) groups excluding carboxylic acids is 2. The molecule has 1 atom stereocenters. The van der Waals surface area contributed by atoms with Crippen molar-refractivity contribution in [2.45, 2.75) is 39.3 Å². The van der Waals surface area contributed by atoms with E-state index in [-0.39, 0.29) is 29.5 Å². The lowest BCUT2D eigenvalue weighted by Crippen LogP contribution is -2.31. The fourth-order valence-electron chi connectivity index (χ4n) is 3.85. The zero-order valence-corrected chi connectivity index (χ0v) is 19.4. The molecule has 3 rings (SSSR count). The van der Waals surface area contributed by atoms with Crippen molar-refractivity contribution in [2.75, 3.05) is 19.8 Å². The fraction of sp³-hybridized carbons (Fsp3) is 0.360. The standard InChI is InChI=1S/C25H28N2O7/c1-4-33-20-11-9-17(10-12-20)22-21(23(28)18-7-5-8-19(15-18)27(31)32)24(29)25(30)26(22)13-6-14-34-16(2)3/h5,7-12,15-16,22,28H,4,6,13-14H2,1-3H3/t22-/m1/s1. The van der Waals surface area contributed by atoms with Crippen LogP contribution < -0.4 is 4.74 Å². The van der Waals surface area contributed by atoms with E-state index in [1.54, 1.807) is 24.3 Å². The van der Waals surface area contributed by atoms with Gasteiger partial charge in [-0.3, -0.25) is 19.7 Å². The molecule has 0 aliphatic carbocycles. The predicted octanol–water partition coefficient (Wildman–Crippen LogP) is 4.23. The summed E-state index contributed by atoms with van der Waals surface area (Å²) in [5.41, 5.74) is 0.354. The van der Waals surface area contributed by atoms with Crippen molar-refractivity contribution < 1.29 is 29.1 Å². The summed E-state index contributed by atoms with van der Waals surface area (Å²) < 4.78 is 11.0. The van der Waals surface area contributed by atoms with Crippen LogP contribution in [0.5, 0.6) is 5.75 Å². The highest BCUT2D eigenvalue weighted by Gasteiger charge is 2.45. The molecule has 1 fully saturated rings. The second kappa shape index (κ2) is 10.9. The Labute approximate surface area is 197 Å². The monoisotopic (exact) mass is 468 g/mol. The van der Waals surface area contributed by atoms with Crippen LogP contribution in [0.15, 0.2) is 54.1 Å². The Hall–Kier alpha value is -3.72. The number of non-ortho nitro benzene ring substituents is 1. The molecule has 1 heterocycles. The molecule has 1 aliphatic heterocycles. The van der Waals surface area contributed by atoms with E-state index in [2.05, 4.69) is 0 Å². The Morgan fingerprint density at radius 2 is 1.88 bits per heavy atom. The van der Waals surface area contributed by atoms with Gasteiger partial charge in [-0.1, -0.05) is 24.3 Å². The first-order valence-electron chi connectivity index (χ1n) is 11.1. The van der Waals surface area contributed by atoms with E-state index in [1.165, 1.54) is 29.2 Å². The van der Waals surface area contributed by atoms with Crippen LogP contribution >= 0.6 is 0 Å². The number of nitro benzene ring substituents is 1. The first-order chi connectivity index (χ1) is 16.2. The van der Waals surface area contributed by atoms with Gasteiger partial charge in [-0.15, -0.1) is 0 Å². The molecule has 0 aromatic heterocycles. The molecule has 0 unspecified atom stereocenters. The van der Waals surface area contributed by atoms with Gasteiger partial charge in [0, 0.05) is 30.8 Å². The number of likely N-dealkylation sites (tertiary alicyclic amines) is 1. The summed E-state index contributed by atoms with van der Waals surface area (Å²) in [4.78, 5) is 38.0. The van der Waals surface area contributed by atoms with Gasteiger partial charge in [-0.05, 0) is 44.9 Å². The van der Waals surface area contributed by atoms with Crippen LogP contribution in [0.2, 0.25) is 0 Å². The number of rotatable bonds is 10. The lowest BCUT2D eigenvalue weighted by atomic mass is 9.95. The third-order valence-corrected chi connectivity index (χ3v) is 5.37. The van der Waals surface area contributed by atoms with E-state index in [0.29, 0.717) is 30.9 Å². The summed E-state index contributed by atoms with van der Waals surface area (Å²) in [7, 11) is 0. The quantitative estimate of drug-likeness (QED) is 0.138. The number of carbonyl (C=O) groups is 2. The summed E-state index contributed by atoms with van der Waals surface area (Å²) in [6.45, 7) is 6.81. The third kappa shape index (κ3) is 5.43. The third-order valence-electron chi connectivity index (χ3n) is 5.37. The van der Waals surface area contributed by atoms with Gasteiger partial charge in [0.2, 0.25) is 0 Å². The zero-order valence-electron chi connectivity index (χ0n) is 19.4. The molecule has 2 aromatic carbocycles. The molecule has 2 aromatic rings. The van der Waals surface area contributed by atoms with E-state index in [0.717, 1.165) is 0 Å². The molecule has 0 radical (unpaired) electrons. The van der Waals surface area contributed by atoms with Crippen molar-refractivity contribution in [3.05, 3.63) is 75.3 Å². The van der Waals surface area contributed by atoms with Crippen LogP contribution in [0.4, 0.5) is 5.69 Å². The van der Waals surface area contributed by atoms with Crippen molar-refractivity contribution >= 4 is 23.1 Å². The second-order valence-electron chi connectivity index (χ2n) is 8.08. The Kier molecular flexibility index (Phi) is 8.01. The van der Waals surface area contributed by atoms with Crippen LogP contribution in [0.25, 0.3) is 5.76 Å². The molecular weight excluding hydrogens is 440 g/mol. The first-order valence-corrected chi connectivity index (χ1v) is 11.1. The zero-order chi connectivity index (χ0) is 24.8. The van der Waals surface area contributed by atoms with Crippen LogP contribution in [0, 0.1) is 10.1 Å². The minimum absolute atomic E-state index is 0.0335. The SMILES string of the molecule is CCOc1ccc([C@@H]2C(=C(O)c3cccc([N+](=O)[O-])c3)C(=O)C(=O)N2CCCOC(C)C)cc1. The molecular formula is C25H28N2O7. The molecule has 34 heavy (non-hydrogen) atoms. The molecule has 1 amide bonds. The Morgan fingerprint density at radius 3 is 2.50 bits per heavy atom. The minimum Gasteiger partial charge on any atom is -0.507 e. The van der Waals surface area contributed by atoms with Gasteiger partial charge in [0.1, 0.15) is 11.5 Å². The lowest BCUT2D eigenvalue weighted by Gasteiger charge is -2.25. The first kappa shape index (κ1) is 24.9. The predicted molar refractivity (Wildman–Crippen MR) is 125 cm³/mol. The Morgan fingerprint density at radius 1 is 1.18 bits per heavy atom. The second-order valence-corrected chi connectivity index (χ2v) is 8.08. The largest absolute Gasteiger partial charge is 0.507 e. The van der Waals surface area contributed by atoms with Crippen molar-refractivity contribution in [1.29, 1.82) is 0 Å². The van der Waals surface area contributed by atoms with Gasteiger partial charge < -0.3 is 19.5 Å². The average molecular weight is 469 g/mol. The smallest absolute Gasteiger partial charge is 0.295 e. The summed E-state index contributed by atoms with van der Waals surface area (Å²) in [6, 6.07) is 11.4. The van der Waals surface area contributed by atoms with E-state index < -0.39 is 28.4 Å². The van der Waals surface area contributed by atoms with E-state index >= 15 is 0 Å². The molecule has 1 aliphatic rings. The molecule has 9 nitrogen and oxygen atoms in total. The van der Waals surface area contributed by atoms with Gasteiger partial charge in [0.25, 0.3) is 17.4 Å². The molecule has 1 N–H and O–H groups in total.